The molecule has 2 nitrogen and oxygen atoms in total. The monoisotopic (exact) mass is 359 g/mol. The van der Waals surface area contributed by atoms with Crippen LogP contribution < -0.4 is 10.5 Å². The second kappa shape index (κ2) is 5.60. The summed E-state index contributed by atoms with van der Waals surface area (Å²) in [4.78, 5) is 0. The van der Waals surface area contributed by atoms with Gasteiger partial charge < -0.3 is 10.5 Å². The van der Waals surface area contributed by atoms with Gasteiger partial charge in [-0.25, -0.2) is 0 Å². The first-order chi connectivity index (χ1) is 8.18. The predicted octanol–water partition coefficient (Wildman–Crippen LogP) is 4.11. The molecule has 0 atom stereocenters. The van der Waals surface area contributed by atoms with Gasteiger partial charge in [-0.1, -0.05) is 29.8 Å². The summed E-state index contributed by atoms with van der Waals surface area (Å²) >= 11 is 8.30. The smallest absolute Gasteiger partial charge is 0.133 e. The van der Waals surface area contributed by atoms with Crippen molar-refractivity contribution in [2.45, 2.75) is 6.61 Å². The Kier molecular flexibility index (Phi) is 4.12. The molecule has 0 bridgehead atoms. The van der Waals surface area contributed by atoms with Gasteiger partial charge in [0.25, 0.3) is 0 Å². The average Bonchev–Trinajstić information content (AvgIpc) is 2.30. The highest BCUT2D eigenvalue weighted by Gasteiger charge is 2.06. The van der Waals surface area contributed by atoms with Crippen LogP contribution >= 0.6 is 34.2 Å². The fourth-order valence-electron chi connectivity index (χ4n) is 1.44. The lowest BCUT2D eigenvalue weighted by molar-refractivity contribution is 0.305. The van der Waals surface area contributed by atoms with Gasteiger partial charge in [-0.15, -0.1) is 0 Å². The van der Waals surface area contributed by atoms with Crippen LogP contribution in [0.25, 0.3) is 0 Å². The lowest BCUT2D eigenvalue weighted by Crippen LogP contribution is -2.01. The molecule has 0 fully saturated rings. The number of ether oxygens (including phenoxy) is 1. The highest BCUT2D eigenvalue weighted by Crippen LogP contribution is 2.25. The van der Waals surface area contributed by atoms with E-state index >= 15 is 0 Å². The third-order valence-electron chi connectivity index (χ3n) is 2.36. The summed E-state index contributed by atoms with van der Waals surface area (Å²) in [5.41, 5.74) is 7.34. The van der Waals surface area contributed by atoms with Crippen LogP contribution in [0.3, 0.4) is 0 Å². The van der Waals surface area contributed by atoms with Crippen molar-refractivity contribution < 1.29 is 4.74 Å². The SMILES string of the molecule is Nc1cccc(Cl)c1COc1ccccc1I. The Morgan fingerprint density at radius 3 is 2.59 bits per heavy atom. The second-order valence-electron chi connectivity index (χ2n) is 3.53. The van der Waals surface area contributed by atoms with E-state index in [9.17, 15) is 0 Å². The van der Waals surface area contributed by atoms with E-state index in [1.165, 1.54) is 0 Å². The van der Waals surface area contributed by atoms with Gasteiger partial charge in [-0.05, 0) is 46.9 Å². The van der Waals surface area contributed by atoms with Crippen LogP contribution in [0.1, 0.15) is 5.56 Å². The molecule has 0 spiro atoms. The quantitative estimate of drug-likeness (QED) is 0.661. The van der Waals surface area contributed by atoms with Crippen LogP contribution in [-0.2, 0) is 6.61 Å². The molecule has 0 saturated carbocycles. The summed E-state index contributed by atoms with van der Waals surface area (Å²) in [5.74, 6) is 0.840. The molecule has 0 heterocycles. The van der Waals surface area contributed by atoms with Crippen LogP contribution in [0.4, 0.5) is 5.69 Å². The fraction of sp³-hybridized carbons (Fsp3) is 0.0769. The molecule has 17 heavy (non-hydrogen) atoms. The molecule has 2 N–H and O–H groups in total. The summed E-state index contributed by atoms with van der Waals surface area (Å²) in [6, 6.07) is 13.3. The first-order valence-electron chi connectivity index (χ1n) is 5.08. The lowest BCUT2D eigenvalue weighted by atomic mass is 10.2. The number of hydrogen-bond acceptors (Lipinski definition) is 2. The van der Waals surface area contributed by atoms with E-state index in [0.717, 1.165) is 14.9 Å². The Morgan fingerprint density at radius 2 is 1.88 bits per heavy atom. The van der Waals surface area contributed by atoms with E-state index in [2.05, 4.69) is 22.6 Å². The molecule has 0 aliphatic carbocycles. The number of anilines is 1. The van der Waals surface area contributed by atoms with Gasteiger partial charge in [0.1, 0.15) is 12.4 Å². The molecular formula is C13H11ClINO. The Bertz CT molecular complexity index is 510. The van der Waals surface area contributed by atoms with Crippen LogP contribution in [-0.4, -0.2) is 0 Å². The van der Waals surface area contributed by atoms with Crippen LogP contribution in [0.15, 0.2) is 42.5 Å². The summed E-state index contributed by atoms with van der Waals surface area (Å²) in [7, 11) is 0. The van der Waals surface area contributed by atoms with Crippen molar-refractivity contribution in [3.05, 3.63) is 56.6 Å². The standard InChI is InChI=1S/C13H11ClINO/c14-10-4-3-6-12(16)9(10)8-17-13-7-2-1-5-11(13)15/h1-7H,8,16H2. The number of para-hydroxylation sites is 1. The van der Waals surface area contributed by atoms with Crippen molar-refractivity contribution >= 4 is 39.9 Å². The summed E-state index contributed by atoms with van der Waals surface area (Å²) in [6.45, 7) is 0.380. The van der Waals surface area contributed by atoms with Gasteiger partial charge in [0.2, 0.25) is 0 Å². The first kappa shape index (κ1) is 12.5. The maximum absolute atomic E-state index is 6.07. The lowest BCUT2D eigenvalue weighted by Gasteiger charge is -2.11. The number of benzene rings is 2. The molecule has 0 aliphatic rings. The van der Waals surface area contributed by atoms with Gasteiger partial charge in [-0.3, -0.25) is 0 Å². The first-order valence-corrected chi connectivity index (χ1v) is 6.54. The Morgan fingerprint density at radius 1 is 1.12 bits per heavy atom. The molecule has 2 aromatic carbocycles. The number of halogens is 2. The minimum absolute atomic E-state index is 0.380. The Balaban J connectivity index is 2.16. The third-order valence-corrected chi connectivity index (χ3v) is 3.61. The van der Waals surface area contributed by atoms with E-state index in [1.54, 1.807) is 0 Å². The van der Waals surface area contributed by atoms with Gasteiger partial charge in [0, 0.05) is 16.3 Å². The molecule has 0 unspecified atom stereocenters. The zero-order valence-electron chi connectivity index (χ0n) is 8.99. The predicted molar refractivity (Wildman–Crippen MR) is 79.4 cm³/mol. The second-order valence-corrected chi connectivity index (χ2v) is 5.10. The van der Waals surface area contributed by atoms with Crippen LogP contribution in [0.5, 0.6) is 5.75 Å². The Hall–Kier alpha value is -0.940. The molecule has 0 saturated heterocycles. The largest absolute Gasteiger partial charge is 0.488 e. The van der Waals surface area contributed by atoms with E-state index in [4.69, 9.17) is 22.1 Å². The van der Waals surface area contributed by atoms with Crippen molar-refractivity contribution in [1.29, 1.82) is 0 Å². The minimum Gasteiger partial charge on any atom is -0.488 e. The van der Waals surface area contributed by atoms with Crippen LogP contribution in [0.2, 0.25) is 5.02 Å². The van der Waals surface area contributed by atoms with Crippen molar-refractivity contribution in [2.75, 3.05) is 5.73 Å². The number of nitrogen functional groups attached to an aromatic ring is 1. The highest BCUT2D eigenvalue weighted by atomic mass is 127. The molecule has 2 rings (SSSR count). The van der Waals surface area contributed by atoms with E-state index in [-0.39, 0.29) is 0 Å². The normalized spacial score (nSPS) is 10.2. The topological polar surface area (TPSA) is 35.2 Å². The van der Waals surface area contributed by atoms with Crippen molar-refractivity contribution in [3.63, 3.8) is 0 Å². The maximum Gasteiger partial charge on any atom is 0.133 e. The Labute approximate surface area is 119 Å². The zero-order valence-corrected chi connectivity index (χ0v) is 11.9. The third kappa shape index (κ3) is 3.04. The van der Waals surface area contributed by atoms with E-state index < -0.39 is 0 Å². The van der Waals surface area contributed by atoms with E-state index in [1.807, 2.05) is 42.5 Å². The van der Waals surface area contributed by atoms with Crippen molar-refractivity contribution in [2.24, 2.45) is 0 Å². The minimum atomic E-state index is 0.380. The highest BCUT2D eigenvalue weighted by molar-refractivity contribution is 14.1. The molecule has 0 aromatic heterocycles. The summed E-state index contributed by atoms with van der Waals surface area (Å²) in [5, 5.41) is 0.635. The van der Waals surface area contributed by atoms with E-state index in [0.29, 0.717) is 17.3 Å². The maximum atomic E-state index is 6.07. The molecule has 0 amide bonds. The van der Waals surface area contributed by atoms with Crippen LogP contribution in [0, 0.1) is 3.57 Å². The molecule has 0 radical (unpaired) electrons. The van der Waals surface area contributed by atoms with Gasteiger partial charge in [-0.2, -0.15) is 0 Å². The average molecular weight is 360 g/mol. The molecule has 88 valence electrons. The fourth-order valence-corrected chi connectivity index (χ4v) is 2.22. The van der Waals surface area contributed by atoms with Gasteiger partial charge in [0.15, 0.2) is 0 Å². The summed E-state index contributed by atoms with van der Waals surface area (Å²) in [6.07, 6.45) is 0. The zero-order chi connectivity index (χ0) is 12.3. The van der Waals surface area contributed by atoms with Crippen molar-refractivity contribution in [3.8, 4) is 5.75 Å². The molecule has 0 aliphatic heterocycles. The number of rotatable bonds is 3. The molecule has 2 aromatic rings. The molecule has 4 heteroatoms. The number of hydrogen-bond donors (Lipinski definition) is 1. The molecular weight excluding hydrogens is 349 g/mol. The number of nitrogens with two attached hydrogens (primary N) is 1. The van der Waals surface area contributed by atoms with Gasteiger partial charge >= 0.3 is 0 Å². The summed E-state index contributed by atoms with van der Waals surface area (Å²) < 4.78 is 6.78. The van der Waals surface area contributed by atoms with Crippen molar-refractivity contribution in [1.82, 2.24) is 0 Å². The van der Waals surface area contributed by atoms with Gasteiger partial charge in [0.05, 0.1) is 3.57 Å².